The number of anilines is 1. The number of fused-ring (bicyclic) bond motifs is 1. The topological polar surface area (TPSA) is 73.8 Å². The van der Waals surface area contributed by atoms with Crippen molar-refractivity contribution in [3.8, 4) is 0 Å². The van der Waals surface area contributed by atoms with Crippen molar-refractivity contribution in [2.24, 2.45) is 11.0 Å². The standard InChI is InChI=1S/C21H20ClFN4O2.C7H7Cl/c1-12-5-6-14(23)10-17(12)20-16(7-8-18-25-26-19(28)11-27(18)20)21(29)24-15-4-2-3-13(22)9-15;1-6-3-2-4-7(8)5-6/h2-6,9-10,16,20H,7-8,11H2,1H3,(H,24,29)(H,26,28);2-5H,1H3/t16?,20-;/m0./s1. The molecule has 0 spiro atoms. The normalized spacial score (nSPS) is 18.6. The zero-order valence-electron chi connectivity index (χ0n) is 20.5. The summed E-state index contributed by atoms with van der Waals surface area (Å²) in [5.74, 6) is -0.635. The van der Waals surface area contributed by atoms with Gasteiger partial charge in [0.05, 0.1) is 12.0 Å². The van der Waals surface area contributed by atoms with E-state index in [4.69, 9.17) is 23.2 Å². The predicted octanol–water partition coefficient (Wildman–Crippen LogP) is 6.27. The highest BCUT2D eigenvalue weighted by Gasteiger charge is 2.42. The molecule has 6 nitrogen and oxygen atoms in total. The number of carbonyl (C=O) groups is 2. The molecule has 1 saturated heterocycles. The van der Waals surface area contributed by atoms with Crippen molar-refractivity contribution < 1.29 is 14.0 Å². The number of aryl methyl sites for hydroxylation is 2. The highest BCUT2D eigenvalue weighted by atomic mass is 35.5. The average Bonchev–Trinajstić information content (AvgIpc) is 2.85. The lowest BCUT2D eigenvalue weighted by atomic mass is 9.81. The van der Waals surface area contributed by atoms with Crippen molar-refractivity contribution >= 4 is 46.5 Å². The summed E-state index contributed by atoms with van der Waals surface area (Å²) < 4.78 is 14.1. The smallest absolute Gasteiger partial charge is 0.259 e. The minimum absolute atomic E-state index is 0.0698. The van der Waals surface area contributed by atoms with Crippen LogP contribution in [0.15, 0.2) is 71.8 Å². The Hall–Kier alpha value is -3.42. The molecule has 5 rings (SSSR count). The molecule has 0 aliphatic carbocycles. The number of hydrogen-bond acceptors (Lipinski definition) is 4. The second kappa shape index (κ2) is 11.8. The molecule has 0 radical (unpaired) electrons. The number of halogens is 3. The van der Waals surface area contributed by atoms with Gasteiger partial charge in [0.2, 0.25) is 5.91 Å². The molecule has 1 unspecified atom stereocenters. The zero-order chi connectivity index (χ0) is 26.5. The number of hydrazone groups is 1. The van der Waals surface area contributed by atoms with E-state index in [1.54, 1.807) is 30.3 Å². The Morgan fingerprint density at radius 1 is 1.05 bits per heavy atom. The molecular weight excluding hydrogens is 514 g/mol. The Bertz CT molecular complexity index is 1330. The molecule has 192 valence electrons. The van der Waals surface area contributed by atoms with Crippen LogP contribution in [-0.4, -0.2) is 29.1 Å². The van der Waals surface area contributed by atoms with Crippen LogP contribution in [0.3, 0.4) is 0 Å². The van der Waals surface area contributed by atoms with E-state index in [1.807, 2.05) is 43.0 Å². The fourth-order valence-electron chi connectivity index (χ4n) is 4.59. The second-order valence-electron chi connectivity index (χ2n) is 9.08. The maximum atomic E-state index is 14.1. The summed E-state index contributed by atoms with van der Waals surface area (Å²) in [7, 11) is 0. The Labute approximate surface area is 225 Å². The number of rotatable bonds is 3. The van der Waals surface area contributed by atoms with E-state index in [0.717, 1.165) is 10.6 Å². The van der Waals surface area contributed by atoms with E-state index in [9.17, 15) is 14.0 Å². The third kappa shape index (κ3) is 6.67. The van der Waals surface area contributed by atoms with Crippen LogP contribution in [-0.2, 0) is 9.59 Å². The van der Waals surface area contributed by atoms with Gasteiger partial charge >= 0.3 is 0 Å². The van der Waals surface area contributed by atoms with Crippen molar-refractivity contribution in [3.05, 3.63) is 99.3 Å². The van der Waals surface area contributed by atoms with Gasteiger partial charge in [-0.1, -0.05) is 47.5 Å². The summed E-state index contributed by atoms with van der Waals surface area (Å²) in [6, 6.07) is 18.7. The molecule has 0 saturated carbocycles. The first-order valence-electron chi connectivity index (χ1n) is 11.9. The first-order valence-corrected chi connectivity index (χ1v) is 12.6. The molecule has 0 aromatic heterocycles. The van der Waals surface area contributed by atoms with Gasteiger partial charge in [0.15, 0.2) is 0 Å². The number of carbonyl (C=O) groups excluding carboxylic acids is 2. The van der Waals surface area contributed by atoms with Crippen molar-refractivity contribution in [1.29, 1.82) is 0 Å². The summed E-state index contributed by atoms with van der Waals surface area (Å²) in [5.41, 5.74) is 5.81. The van der Waals surface area contributed by atoms with Crippen LogP contribution in [0.5, 0.6) is 0 Å². The summed E-state index contributed by atoms with van der Waals surface area (Å²) >= 11 is 11.7. The Balaban J connectivity index is 0.000000342. The van der Waals surface area contributed by atoms with Crippen LogP contribution >= 0.6 is 23.2 Å². The Morgan fingerprint density at radius 2 is 1.78 bits per heavy atom. The summed E-state index contributed by atoms with van der Waals surface area (Å²) in [4.78, 5) is 27.0. The summed E-state index contributed by atoms with van der Waals surface area (Å²) in [6.45, 7) is 3.96. The van der Waals surface area contributed by atoms with E-state index in [0.29, 0.717) is 35.0 Å². The van der Waals surface area contributed by atoms with Crippen LogP contribution in [0.25, 0.3) is 0 Å². The van der Waals surface area contributed by atoms with Gasteiger partial charge in [-0.2, -0.15) is 5.10 Å². The molecule has 3 aromatic rings. The van der Waals surface area contributed by atoms with Crippen LogP contribution < -0.4 is 10.7 Å². The molecule has 3 aromatic carbocycles. The van der Waals surface area contributed by atoms with E-state index >= 15 is 0 Å². The van der Waals surface area contributed by atoms with Gasteiger partial charge in [-0.3, -0.25) is 9.59 Å². The number of nitrogens with one attached hydrogen (secondary N) is 2. The zero-order valence-corrected chi connectivity index (χ0v) is 22.0. The molecule has 2 aliphatic rings. The van der Waals surface area contributed by atoms with Crippen molar-refractivity contribution in [2.45, 2.75) is 32.7 Å². The van der Waals surface area contributed by atoms with Crippen molar-refractivity contribution in [2.75, 3.05) is 11.9 Å². The third-order valence-electron chi connectivity index (χ3n) is 6.32. The number of nitrogens with zero attached hydrogens (tertiary/aromatic N) is 2. The monoisotopic (exact) mass is 540 g/mol. The Morgan fingerprint density at radius 3 is 2.46 bits per heavy atom. The van der Waals surface area contributed by atoms with E-state index in [1.165, 1.54) is 17.7 Å². The number of amides is 2. The fraction of sp³-hybridized carbons (Fsp3) is 0.250. The number of amidine groups is 1. The molecule has 2 amide bonds. The van der Waals surface area contributed by atoms with E-state index < -0.39 is 12.0 Å². The van der Waals surface area contributed by atoms with Gasteiger partial charge in [-0.25, -0.2) is 9.82 Å². The minimum Gasteiger partial charge on any atom is -0.341 e. The molecular formula is C28H27Cl2FN4O2. The number of piperidine rings is 1. The highest BCUT2D eigenvalue weighted by Crippen LogP contribution is 2.40. The molecule has 2 N–H and O–H groups in total. The van der Waals surface area contributed by atoms with Crippen LogP contribution in [0, 0.1) is 25.6 Å². The molecule has 2 heterocycles. The second-order valence-corrected chi connectivity index (χ2v) is 9.95. The maximum absolute atomic E-state index is 14.1. The number of benzene rings is 3. The fourth-order valence-corrected chi connectivity index (χ4v) is 5.02. The van der Waals surface area contributed by atoms with E-state index in [2.05, 4.69) is 15.8 Å². The largest absolute Gasteiger partial charge is 0.341 e. The molecule has 37 heavy (non-hydrogen) atoms. The summed E-state index contributed by atoms with van der Waals surface area (Å²) in [5, 5.41) is 8.39. The number of hydrogen-bond donors (Lipinski definition) is 2. The first kappa shape index (κ1) is 26.6. The Kier molecular flexibility index (Phi) is 8.46. The molecule has 2 aliphatic heterocycles. The quantitative estimate of drug-likeness (QED) is 0.411. The average molecular weight is 541 g/mol. The van der Waals surface area contributed by atoms with Crippen LogP contribution in [0.4, 0.5) is 10.1 Å². The maximum Gasteiger partial charge on any atom is 0.259 e. The first-order chi connectivity index (χ1) is 17.7. The third-order valence-corrected chi connectivity index (χ3v) is 6.79. The van der Waals surface area contributed by atoms with Gasteiger partial charge in [0.1, 0.15) is 18.2 Å². The predicted molar refractivity (Wildman–Crippen MR) is 145 cm³/mol. The molecule has 2 atom stereocenters. The lowest BCUT2D eigenvalue weighted by Crippen LogP contribution is -2.53. The van der Waals surface area contributed by atoms with Gasteiger partial charge < -0.3 is 10.2 Å². The lowest BCUT2D eigenvalue weighted by molar-refractivity contribution is -0.126. The van der Waals surface area contributed by atoms with Gasteiger partial charge in [0.25, 0.3) is 5.91 Å². The van der Waals surface area contributed by atoms with Gasteiger partial charge in [0, 0.05) is 22.2 Å². The molecule has 0 bridgehead atoms. The minimum atomic E-state index is -0.497. The SMILES string of the molecule is Cc1ccc(F)cc1[C@@H]1C(C(=O)Nc2cccc(Cl)c2)CCC2=NNC(=O)CN21.Cc1cccc(Cl)c1. The van der Waals surface area contributed by atoms with Crippen LogP contribution in [0.1, 0.15) is 35.6 Å². The van der Waals surface area contributed by atoms with Crippen molar-refractivity contribution in [3.63, 3.8) is 0 Å². The summed E-state index contributed by atoms with van der Waals surface area (Å²) in [6.07, 6.45) is 1.07. The van der Waals surface area contributed by atoms with Gasteiger partial charge in [-0.15, -0.1) is 0 Å². The molecule has 1 fully saturated rings. The van der Waals surface area contributed by atoms with E-state index in [-0.39, 0.29) is 24.2 Å². The van der Waals surface area contributed by atoms with Crippen LogP contribution in [0.2, 0.25) is 10.0 Å². The lowest BCUT2D eigenvalue weighted by Gasteiger charge is -2.44. The van der Waals surface area contributed by atoms with Crippen molar-refractivity contribution in [1.82, 2.24) is 10.3 Å². The highest BCUT2D eigenvalue weighted by molar-refractivity contribution is 6.31. The van der Waals surface area contributed by atoms with Gasteiger partial charge in [-0.05, 0) is 79.4 Å². The molecule has 9 heteroatoms.